The average Bonchev–Trinajstić information content (AvgIpc) is 3.10. The van der Waals surface area contributed by atoms with Crippen LogP contribution in [0.5, 0.6) is 11.5 Å². The van der Waals surface area contributed by atoms with E-state index in [1.165, 1.54) is 26.4 Å². The van der Waals surface area contributed by atoms with Crippen molar-refractivity contribution in [3.05, 3.63) is 94.6 Å². The molecule has 1 saturated heterocycles. The SMILES string of the molecule is COc1ccc(/C(O)=C2/C(=O)C(=O)N(c3cc(F)ccc3F)C2c2cccc(C)c2)c(OC)c1. The number of nitrogens with zero attached hydrogens (tertiary/aromatic N) is 1. The molecule has 174 valence electrons. The molecule has 4 rings (SSSR count). The molecule has 3 aromatic rings. The minimum Gasteiger partial charge on any atom is -0.507 e. The number of carbonyl (C=O) groups excluding carboxylic acids is 2. The smallest absolute Gasteiger partial charge is 0.300 e. The predicted octanol–water partition coefficient (Wildman–Crippen LogP) is 4.92. The van der Waals surface area contributed by atoms with E-state index in [1.54, 1.807) is 24.3 Å². The number of aryl methyl sites for hydroxylation is 1. The fourth-order valence-corrected chi connectivity index (χ4v) is 4.05. The summed E-state index contributed by atoms with van der Waals surface area (Å²) in [4.78, 5) is 27.2. The molecule has 1 N–H and O–H groups in total. The molecule has 0 radical (unpaired) electrons. The molecule has 1 aliphatic rings. The lowest BCUT2D eigenvalue weighted by atomic mass is 9.94. The van der Waals surface area contributed by atoms with Crippen molar-refractivity contribution in [2.45, 2.75) is 13.0 Å². The molecule has 3 aromatic carbocycles. The summed E-state index contributed by atoms with van der Waals surface area (Å²) in [5.74, 6) is -3.66. The van der Waals surface area contributed by atoms with Crippen molar-refractivity contribution in [2.75, 3.05) is 19.1 Å². The van der Waals surface area contributed by atoms with Crippen LogP contribution in [0.4, 0.5) is 14.5 Å². The molecule has 0 spiro atoms. The third-order valence-corrected chi connectivity index (χ3v) is 5.63. The van der Waals surface area contributed by atoms with Crippen LogP contribution >= 0.6 is 0 Å². The van der Waals surface area contributed by atoms with Crippen LogP contribution in [0.25, 0.3) is 5.76 Å². The van der Waals surface area contributed by atoms with E-state index >= 15 is 0 Å². The fourth-order valence-electron chi connectivity index (χ4n) is 4.05. The Balaban J connectivity index is 2.00. The first-order valence-electron chi connectivity index (χ1n) is 10.3. The number of anilines is 1. The van der Waals surface area contributed by atoms with Crippen LogP contribution in [0, 0.1) is 18.6 Å². The number of hydrogen-bond acceptors (Lipinski definition) is 5. The van der Waals surface area contributed by atoms with Gasteiger partial charge in [0, 0.05) is 12.1 Å². The maximum Gasteiger partial charge on any atom is 0.300 e. The number of ketones is 1. The summed E-state index contributed by atoms with van der Waals surface area (Å²) in [6.07, 6.45) is 0. The number of benzene rings is 3. The van der Waals surface area contributed by atoms with Gasteiger partial charge in [0.25, 0.3) is 11.7 Å². The van der Waals surface area contributed by atoms with Gasteiger partial charge in [-0.3, -0.25) is 14.5 Å². The van der Waals surface area contributed by atoms with E-state index in [0.717, 1.165) is 28.7 Å². The van der Waals surface area contributed by atoms with E-state index < -0.39 is 40.8 Å². The van der Waals surface area contributed by atoms with Gasteiger partial charge >= 0.3 is 0 Å². The summed E-state index contributed by atoms with van der Waals surface area (Å²) in [6, 6.07) is 12.9. The van der Waals surface area contributed by atoms with Gasteiger partial charge in [-0.2, -0.15) is 0 Å². The average molecular weight is 465 g/mol. The highest BCUT2D eigenvalue weighted by Crippen LogP contribution is 2.44. The third kappa shape index (κ3) is 3.87. The lowest BCUT2D eigenvalue weighted by molar-refractivity contribution is -0.132. The number of Topliss-reactive ketones (excluding diaryl/α,β-unsaturated/α-hetero) is 1. The molecule has 1 amide bonds. The van der Waals surface area contributed by atoms with Crippen LogP contribution in [0.15, 0.2) is 66.2 Å². The van der Waals surface area contributed by atoms with Crippen molar-refractivity contribution < 1.29 is 33.0 Å². The summed E-state index contributed by atoms with van der Waals surface area (Å²) in [5, 5.41) is 11.3. The second kappa shape index (κ2) is 8.97. The van der Waals surface area contributed by atoms with E-state index in [2.05, 4.69) is 0 Å². The number of methoxy groups -OCH3 is 2. The highest BCUT2D eigenvalue weighted by atomic mass is 19.1. The van der Waals surface area contributed by atoms with E-state index in [0.29, 0.717) is 11.3 Å². The largest absolute Gasteiger partial charge is 0.507 e. The Hall–Kier alpha value is -4.20. The molecule has 0 aromatic heterocycles. The van der Waals surface area contributed by atoms with Crippen LogP contribution < -0.4 is 14.4 Å². The zero-order chi connectivity index (χ0) is 24.6. The van der Waals surface area contributed by atoms with Crippen molar-refractivity contribution in [1.29, 1.82) is 0 Å². The van der Waals surface area contributed by atoms with Crippen LogP contribution in [0.3, 0.4) is 0 Å². The Bertz CT molecular complexity index is 1330. The van der Waals surface area contributed by atoms with Crippen LogP contribution in [0.1, 0.15) is 22.7 Å². The Labute approximate surface area is 194 Å². The van der Waals surface area contributed by atoms with Crippen molar-refractivity contribution in [3.8, 4) is 11.5 Å². The Morgan fingerprint density at radius 2 is 1.74 bits per heavy atom. The normalized spacial score (nSPS) is 17.2. The predicted molar refractivity (Wildman–Crippen MR) is 122 cm³/mol. The van der Waals surface area contributed by atoms with Crippen molar-refractivity contribution in [1.82, 2.24) is 0 Å². The first kappa shape index (κ1) is 23.0. The summed E-state index contributed by atoms with van der Waals surface area (Å²) in [5.41, 5.74) is 0.706. The molecule has 0 bridgehead atoms. The summed E-state index contributed by atoms with van der Waals surface area (Å²) >= 11 is 0. The Morgan fingerprint density at radius 1 is 0.971 bits per heavy atom. The standard InChI is InChI=1S/C26H21F2NO5/c1-14-5-4-6-15(11-14)23-22(24(30)18-9-8-17(33-2)13-21(18)34-3)25(31)26(32)29(23)20-12-16(27)7-10-19(20)28/h4-13,23,30H,1-3H3/b24-22-. The second-order valence-corrected chi connectivity index (χ2v) is 7.75. The third-order valence-electron chi connectivity index (χ3n) is 5.63. The minimum absolute atomic E-state index is 0.138. The Morgan fingerprint density at radius 3 is 2.41 bits per heavy atom. The molecular weight excluding hydrogens is 444 g/mol. The van der Waals surface area contributed by atoms with Crippen molar-refractivity contribution in [2.24, 2.45) is 0 Å². The van der Waals surface area contributed by atoms with Crippen LogP contribution in [-0.4, -0.2) is 31.0 Å². The summed E-state index contributed by atoms with van der Waals surface area (Å²) in [6.45, 7) is 1.81. The molecule has 1 unspecified atom stereocenters. The number of carbonyl (C=O) groups is 2. The minimum atomic E-state index is -1.21. The highest BCUT2D eigenvalue weighted by molar-refractivity contribution is 6.51. The number of aliphatic hydroxyl groups is 1. The highest BCUT2D eigenvalue weighted by Gasteiger charge is 2.48. The number of amides is 1. The first-order chi connectivity index (χ1) is 16.3. The van der Waals surface area contributed by atoms with Gasteiger partial charge < -0.3 is 14.6 Å². The zero-order valence-corrected chi connectivity index (χ0v) is 18.6. The number of ether oxygens (including phenoxy) is 2. The maximum atomic E-state index is 14.8. The molecular formula is C26H21F2NO5. The van der Waals surface area contributed by atoms with E-state index in [4.69, 9.17) is 9.47 Å². The van der Waals surface area contributed by atoms with Crippen LogP contribution in [0.2, 0.25) is 0 Å². The number of hydrogen-bond donors (Lipinski definition) is 1. The lowest BCUT2D eigenvalue weighted by Crippen LogP contribution is -2.30. The molecule has 1 aliphatic heterocycles. The van der Waals surface area contributed by atoms with E-state index in [-0.39, 0.29) is 16.9 Å². The van der Waals surface area contributed by atoms with Gasteiger partial charge in [-0.05, 0) is 36.8 Å². The number of rotatable bonds is 5. The molecule has 1 fully saturated rings. The topological polar surface area (TPSA) is 76.1 Å². The van der Waals surface area contributed by atoms with E-state index in [9.17, 15) is 23.5 Å². The fraction of sp³-hybridized carbons (Fsp3) is 0.154. The van der Waals surface area contributed by atoms with Gasteiger partial charge in [0.05, 0.1) is 37.1 Å². The van der Waals surface area contributed by atoms with E-state index in [1.807, 2.05) is 13.0 Å². The Kier molecular flexibility index (Phi) is 6.06. The molecule has 0 saturated carbocycles. The quantitative estimate of drug-likeness (QED) is 0.329. The molecule has 34 heavy (non-hydrogen) atoms. The van der Waals surface area contributed by atoms with Crippen molar-refractivity contribution in [3.63, 3.8) is 0 Å². The number of halogens is 2. The molecule has 8 heteroatoms. The maximum absolute atomic E-state index is 14.8. The molecule has 1 heterocycles. The van der Waals surface area contributed by atoms with Gasteiger partial charge in [-0.15, -0.1) is 0 Å². The second-order valence-electron chi connectivity index (χ2n) is 7.75. The van der Waals surface area contributed by atoms with Gasteiger partial charge in [-0.25, -0.2) is 8.78 Å². The summed E-state index contributed by atoms with van der Waals surface area (Å²) in [7, 11) is 2.84. The van der Waals surface area contributed by atoms with Gasteiger partial charge in [-0.1, -0.05) is 29.8 Å². The molecule has 0 aliphatic carbocycles. The summed E-state index contributed by atoms with van der Waals surface area (Å²) < 4.78 is 39.3. The van der Waals surface area contributed by atoms with Crippen molar-refractivity contribution >= 4 is 23.1 Å². The molecule has 1 atom stereocenters. The lowest BCUT2D eigenvalue weighted by Gasteiger charge is -2.26. The first-order valence-corrected chi connectivity index (χ1v) is 10.3. The van der Waals surface area contributed by atoms with Crippen LogP contribution in [-0.2, 0) is 9.59 Å². The van der Waals surface area contributed by atoms with Gasteiger partial charge in [0.2, 0.25) is 0 Å². The zero-order valence-electron chi connectivity index (χ0n) is 18.6. The van der Waals surface area contributed by atoms with Gasteiger partial charge in [0.1, 0.15) is 28.9 Å². The van der Waals surface area contributed by atoms with Gasteiger partial charge in [0.15, 0.2) is 0 Å². The molecule has 6 nitrogen and oxygen atoms in total. The monoisotopic (exact) mass is 465 g/mol. The number of aliphatic hydroxyl groups excluding tert-OH is 1.